The van der Waals surface area contributed by atoms with Gasteiger partial charge >= 0.3 is 0 Å². The lowest BCUT2D eigenvalue weighted by atomic mass is 9.85. The fourth-order valence-corrected chi connectivity index (χ4v) is 6.71. The molecule has 43 heavy (non-hydrogen) atoms. The topological polar surface area (TPSA) is 66.4 Å². The van der Waals surface area contributed by atoms with Crippen LogP contribution < -0.4 is 10.1 Å². The number of fused-ring (bicyclic) bond motifs is 1. The summed E-state index contributed by atoms with van der Waals surface area (Å²) in [5, 5.41) is 3.97. The van der Waals surface area contributed by atoms with E-state index in [0.717, 1.165) is 31.5 Å². The summed E-state index contributed by atoms with van der Waals surface area (Å²) in [4.78, 5) is 18.2. The summed E-state index contributed by atoms with van der Waals surface area (Å²) in [5.41, 5.74) is 1.10. The van der Waals surface area contributed by atoms with Crippen molar-refractivity contribution < 1.29 is 17.9 Å². The zero-order valence-electron chi connectivity index (χ0n) is 26.2. The molecule has 0 spiro atoms. The van der Waals surface area contributed by atoms with Crippen LogP contribution in [-0.2, 0) is 5.92 Å². The Morgan fingerprint density at radius 1 is 0.930 bits per heavy atom. The van der Waals surface area contributed by atoms with E-state index in [1.807, 2.05) is 6.07 Å². The highest BCUT2D eigenvalue weighted by molar-refractivity contribution is 5.87. The van der Waals surface area contributed by atoms with Gasteiger partial charge < -0.3 is 19.9 Å². The number of nitrogens with zero attached hydrogens (tertiary/aromatic N) is 5. The number of anilines is 1. The molecule has 0 unspecified atom stereocenters. The molecule has 5 rings (SSSR count). The zero-order valence-corrected chi connectivity index (χ0v) is 26.2. The van der Waals surface area contributed by atoms with Gasteiger partial charge in [0.05, 0.1) is 24.1 Å². The highest BCUT2D eigenvalue weighted by Crippen LogP contribution is 2.44. The van der Waals surface area contributed by atoms with Crippen LogP contribution in [0, 0.1) is 11.7 Å². The Balaban J connectivity index is 1.40. The van der Waals surface area contributed by atoms with Gasteiger partial charge in [-0.15, -0.1) is 0 Å². The third kappa shape index (κ3) is 6.45. The number of halogens is 3. The van der Waals surface area contributed by atoms with Crippen molar-refractivity contribution in [3.05, 3.63) is 53.1 Å². The highest BCUT2D eigenvalue weighted by atomic mass is 19.3. The second kappa shape index (κ2) is 12.9. The van der Waals surface area contributed by atoms with E-state index in [4.69, 9.17) is 9.72 Å². The van der Waals surface area contributed by atoms with Crippen LogP contribution in [0.1, 0.15) is 89.0 Å². The molecule has 0 bridgehead atoms. The van der Waals surface area contributed by atoms with Gasteiger partial charge in [-0.3, -0.25) is 0 Å². The first-order valence-electron chi connectivity index (χ1n) is 15.6. The number of nitrogens with one attached hydrogen (secondary N) is 1. The second-order valence-corrected chi connectivity index (χ2v) is 12.7. The molecule has 2 aliphatic rings. The Bertz CT molecular complexity index is 1400. The predicted molar refractivity (Wildman–Crippen MR) is 164 cm³/mol. The van der Waals surface area contributed by atoms with Crippen molar-refractivity contribution in [2.45, 2.75) is 90.3 Å². The summed E-state index contributed by atoms with van der Waals surface area (Å²) < 4.78 is 53.1. The average molecular weight is 599 g/mol. The van der Waals surface area contributed by atoms with E-state index in [-0.39, 0.29) is 11.5 Å². The number of methoxy groups -OCH3 is 1. The first-order valence-corrected chi connectivity index (χ1v) is 15.6. The Kier molecular flexibility index (Phi) is 9.46. The summed E-state index contributed by atoms with van der Waals surface area (Å²) in [5.74, 6) is -3.72. The van der Waals surface area contributed by atoms with Crippen LogP contribution in [0.15, 0.2) is 30.6 Å². The van der Waals surface area contributed by atoms with Gasteiger partial charge in [0.15, 0.2) is 5.65 Å². The maximum absolute atomic E-state index is 15.9. The Morgan fingerprint density at radius 3 is 2.16 bits per heavy atom. The van der Waals surface area contributed by atoms with Gasteiger partial charge in [-0.2, -0.15) is 4.98 Å². The standard InChI is InChI=1S/C33H45F3N6O/c1-20(2)41-14-10-23(11-15-41)26-18-27-30(37-19-38-31(27)40-32(26)43-6)39-22(5)25-8-7-9-28(29(25)34)33(35,36)24-12-16-42(17-13-24)21(3)4/h7-9,18-24H,10-17H2,1-6H3,(H,37,38,39,40)/t22-/m1/s1. The molecular formula is C33H45F3N6O. The average Bonchev–Trinajstić information content (AvgIpc) is 3.00. The molecule has 3 aromatic rings. The number of likely N-dealkylation sites (tertiary alicyclic amines) is 2. The van der Waals surface area contributed by atoms with E-state index in [2.05, 4.69) is 52.8 Å². The lowest BCUT2D eigenvalue weighted by molar-refractivity contribution is -0.0900. The minimum absolute atomic E-state index is 0.173. The fraction of sp³-hybridized carbons (Fsp3) is 0.606. The number of benzene rings is 1. The van der Waals surface area contributed by atoms with E-state index in [9.17, 15) is 0 Å². The number of ether oxygens (including phenoxy) is 1. The van der Waals surface area contributed by atoms with Crippen LogP contribution in [0.25, 0.3) is 11.0 Å². The molecule has 0 amide bonds. The number of alkyl halides is 2. The van der Waals surface area contributed by atoms with Crippen LogP contribution in [-0.4, -0.2) is 70.1 Å². The van der Waals surface area contributed by atoms with Crippen LogP contribution in [0.5, 0.6) is 5.88 Å². The summed E-state index contributed by atoms with van der Waals surface area (Å²) in [6.45, 7) is 13.5. The summed E-state index contributed by atoms with van der Waals surface area (Å²) >= 11 is 0. The van der Waals surface area contributed by atoms with Crippen LogP contribution in [0.3, 0.4) is 0 Å². The van der Waals surface area contributed by atoms with Gasteiger partial charge in [-0.05, 0) is 98.5 Å². The molecule has 2 aromatic heterocycles. The lowest BCUT2D eigenvalue weighted by Crippen LogP contribution is -2.42. The Morgan fingerprint density at radius 2 is 1.56 bits per heavy atom. The van der Waals surface area contributed by atoms with Crippen molar-refractivity contribution in [1.29, 1.82) is 0 Å². The Hall–Kier alpha value is -2.98. The molecular weight excluding hydrogens is 553 g/mol. The lowest BCUT2D eigenvalue weighted by Gasteiger charge is -2.38. The number of hydrogen-bond donors (Lipinski definition) is 1. The van der Waals surface area contributed by atoms with Gasteiger partial charge in [-0.25, -0.2) is 23.1 Å². The van der Waals surface area contributed by atoms with Gasteiger partial charge in [0, 0.05) is 29.1 Å². The first-order chi connectivity index (χ1) is 20.5. The van der Waals surface area contributed by atoms with Crippen LogP contribution in [0.2, 0.25) is 0 Å². The van der Waals surface area contributed by atoms with Crippen molar-refractivity contribution in [2.24, 2.45) is 5.92 Å². The van der Waals surface area contributed by atoms with Crippen molar-refractivity contribution >= 4 is 16.9 Å². The molecule has 2 saturated heterocycles. The first kappa shape index (κ1) is 31.4. The van der Waals surface area contributed by atoms with Gasteiger partial charge in [0.25, 0.3) is 5.92 Å². The normalized spacial score (nSPS) is 19.0. The maximum atomic E-state index is 15.9. The number of hydrogen-bond acceptors (Lipinski definition) is 7. The maximum Gasteiger partial charge on any atom is 0.278 e. The highest BCUT2D eigenvalue weighted by Gasteiger charge is 2.45. The van der Waals surface area contributed by atoms with Crippen molar-refractivity contribution in [3.8, 4) is 5.88 Å². The molecule has 0 aliphatic carbocycles. The van der Waals surface area contributed by atoms with E-state index in [0.29, 0.717) is 60.7 Å². The van der Waals surface area contributed by atoms with Crippen molar-refractivity contribution in [3.63, 3.8) is 0 Å². The number of aromatic nitrogens is 3. The summed E-state index contributed by atoms with van der Waals surface area (Å²) in [7, 11) is 1.61. The molecule has 2 aliphatic heterocycles. The van der Waals surface area contributed by atoms with Gasteiger partial charge in [-0.1, -0.05) is 18.2 Å². The Labute approximate surface area is 253 Å². The monoisotopic (exact) mass is 598 g/mol. The largest absolute Gasteiger partial charge is 0.481 e. The van der Waals surface area contributed by atoms with E-state index in [1.165, 1.54) is 18.5 Å². The smallest absolute Gasteiger partial charge is 0.278 e. The molecule has 1 atom stereocenters. The summed E-state index contributed by atoms with van der Waals surface area (Å²) in [6.07, 6.45) is 4.04. The van der Waals surface area contributed by atoms with E-state index < -0.39 is 29.3 Å². The van der Waals surface area contributed by atoms with Crippen LogP contribution in [0.4, 0.5) is 19.0 Å². The minimum Gasteiger partial charge on any atom is -0.481 e. The van der Waals surface area contributed by atoms with Crippen molar-refractivity contribution in [1.82, 2.24) is 24.8 Å². The fourth-order valence-electron chi connectivity index (χ4n) is 6.71. The van der Waals surface area contributed by atoms with E-state index in [1.54, 1.807) is 20.1 Å². The van der Waals surface area contributed by atoms with Gasteiger partial charge in [0.2, 0.25) is 5.88 Å². The predicted octanol–water partition coefficient (Wildman–Crippen LogP) is 7.15. The zero-order chi connectivity index (χ0) is 30.9. The van der Waals surface area contributed by atoms with Gasteiger partial charge in [0.1, 0.15) is 18.0 Å². The molecule has 1 N–H and O–H groups in total. The molecule has 2 fully saturated rings. The number of rotatable bonds is 9. The third-order valence-electron chi connectivity index (χ3n) is 9.49. The second-order valence-electron chi connectivity index (χ2n) is 12.7. The molecule has 10 heteroatoms. The molecule has 7 nitrogen and oxygen atoms in total. The molecule has 0 saturated carbocycles. The quantitative estimate of drug-likeness (QED) is 0.281. The van der Waals surface area contributed by atoms with Crippen molar-refractivity contribution in [2.75, 3.05) is 38.6 Å². The molecule has 0 radical (unpaired) electrons. The SMILES string of the molecule is COc1nc2ncnc(N[C@H](C)c3cccc(C(F)(F)C4CCN(C(C)C)CC4)c3F)c2cc1C1CCN(C(C)C)CC1. The minimum atomic E-state index is -3.26. The molecule has 234 valence electrons. The van der Waals surface area contributed by atoms with E-state index >= 15 is 13.2 Å². The number of piperidine rings is 2. The third-order valence-corrected chi connectivity index (χ3v) is 9.49. The number of pyridine rings is 1. The molecule has 4 heterocycles. The molecule has 1 aromatic carbocycles. The summed E-state index contributed by atoms with van der Waals surface area (Å²) in [6, 6.07) is 6.52. The van der Waals surface area contributed by atoms with Crippen LogP contribution >= 0.6 is 0 Å².